The van der Waals surface area contributed by atoms with Gasteiger partial charge in [0, 0.05) is 0 Å². The first-order valence-corrected chi connectivity index (χ1v) is 17.9. The zero-order valence-electron chi connectivity index (χ0n) is 24.0. The van der Waals surface area contributed by atoms with Crippen LogP contribution in [0.4, 0.5) is 79.0 Å². The van der Waals surface area contributed by atoms with E-state index in [0.717, 1.165) is 0 Å². The van der Waals surface area contributed by atoms with Crippen LogP contribution in [0.5, 0.6) is 0 Å². The molecule has 2 aromatic carbocycles. The minimum atomic E-state index is -8.80. The van der Waals surface area contributed by atoms with Gasteiger partial charge < -0.3 is 0 Å². The molecule has 12 nitrogen and oxygen atoms in total. The van der Waals surface area contributed by atoms with Crippen molar-refractivity contribution >= 4 is 40.0 Å². The number of sulfone groups is 1. The zero-order chi connectivity index (χ0) is 43.0. The number of hydrogen-bond donors (Lipinski definition) is 2. The van der Waals surface area contributed by atoms with Crippen molar-refractivity contribution in [3.8, 4) is 0 Å². The highest BCUT2D eigenvalue weighted by molar-refractivity contribution is 8.05. The van der Waals surface area contributed by atoms with Crippen LogP contribution in [-0.4, -0.2) is 85.0 Å². The highest BCUT2D eigenvalue weighted by atomic mass is 32.3. The molecule has 0 bridgehead atoms. The summed E-state index contributed by atoms with van der Waals surface area (Å²) in [6.45, 7) is 0. The number of rotatable bonds is 16. The summed E-state index contributed by atoms with van der Waals surface area (Å²) in [5, 5.41) is -15.5. The second-order valence-electron chi connectivity index (χ2n) is 9.52. The van der Waals surface area contributed by atoms with E-state index >= 15 is 0 Å². The Morgan fingerprint density at radius 1 is 0.500 bits per heavy atom. The van der Waals surface area contributed by atoms with Crippen molar-refractivity contribution in [2.24, 2.45) is 0 Å². The van der Waals surface area contributed by atoms with Crippen molar-refractivity contribution in [3.63, 3.8) is 0 Å². The van der Waals surface area contributed by atoms with Crippen LogP contribution in [0.2, 0.25) is 0 Å². The van der Waals surface area contributed by atoms with E-state index in [1.165, 1.54) is 9.47 Å². The number of hydrogen-bond acceptors (Lipinski definition) is 10. The molecule has 0 aromatic heterocycles. The van der Waals surface area contributed by atoms with Crippen LogP contribution in [0.1, 0.15) is 0 Å². The van der Waals surface area contributed by atoms with Gasteiger partial charge in [0.25, 0.3) is 40.0 Å². The lowest BCUT2D eigenvalue weighted by Crippen LogP contribution is -2.68. The number of halogens is 18. The van der Waals surface area contributed by atoms with Crippen LogP contribution in [0.3, 0.4) is 0 Å². The van der Waals surface area contributed by atoms with Crippen LogP contribution < -0.4 is 4.13 Å². The van der Waals surface area contributed by atoms with Crippen LogP contribution in [0.25, 0.3) is 0 Å². The van der Waals surface area contributed by atoms with Crippen molar-refractivity contribution in [2.45, 2.75) is 61.5 Å². The number of ether oxygens (including phenoxy) is 2. The fourth-order valence-electron chi connectivity index (χ4n) is 3.24. The maximum absolute atomic E-state index is 14.3. The normalized spacial score (nSPS) is 15.4. The van der Waals surface area contributed by atoms with Gasteiger partial charge in [0.1, 0.15) is 26.3 Å². The van der Waals surface area contributed by atoms with Gasteiger partial charge in [0.05, 0.1) is 0 Å². The highest BCUT2D eigenvalue weighted by Crippen LogP contribution is 2.58. The monoisotopic (exact) mass is 909 g/mol. The summed E-state index contributed by atoms with van der Waals surface area (Å²) in [7, 11) is -28.3. The summed E-state index contributed by atoms with van der Waals surface area (Å²) in [6.07, 6.45) is -33.0. The molecule has 0 aliphatic rings. The van der Waals surface area contributed by atoms with Crippen molar-refractivity contribution in [2.75, 3.05) is 0 Å². The molecule has 0 amide bonds. The predicted molar refractivity (Wildman–Crippen MR) is 131 cm³/mol. The SMILES string of the molecule is O=S(=O)(O)c1ccccc1S(=O)(=O)NS(=O)(=O)C(F)(F)C(F)(F)OC(F)(F)C(F)(F)C(F)(F)C(F)(F)OC(F)(F)C(F)(F)S(=O)(=O)c1c(F)cccc1F. The molecule has 0 atom stereocenters. The standard InChI is InChI=1S/C20H9F18NO11S4/c21-8-4-3-5-9(22)12(8)51(40,41)19(35,36)17(31,32)49-15(27,28)13(23,24)14(25,26)16(29,30)50-18(33,34)20(37,38)54(47,48)39-52(42,43)10-6-1-2-7-11(10)53(44,45)46/h1-7,39H,(H,44,45,46). The van der Waals surface area contributed by atoms with Gasteiger partial charge in [0.15, 0.2) is 0 Å². The first-order valence-electron chi connectivity index (χ1n) is 12.0. The molecule has 0 fully saturated rings. The summed E-state index contributed by atoms with van der Waals surface area (Å²) in [5.41, 5.74) is 0. The van der Waals surface area contributed by atoms with Crippen molar-refractivity contribution in [3.05, 3.63) is 54.1 Å². The van der Waals surface area contributed by atoms with Gasteiger partial charge in [-0.3, -0.25) is 4.55 Å². The Kier molecular flexibility index (Phi) is 11.7. The molecule has 2 aromatic rings. The summed E-state index contributed by atoms with van der Waals surface area (Å²) in [4.78, 5) is -7.19. The third kappa shape index (κ3) is 7.65. The van der Waals surface area contributed by atoms with E-state index in [1.54, 1.807) is 0 Å². The molecule has 0 saturated heterocycles. The lowest BCUT2D eigenvalue weighted by molar-refractivity contribution is -0.523. The van der Waals surface area contributed by atoms with Crippen LogP contribution in [0.15, 0.2) is 57.2 Å². The maximum atomic E-state index is 14.3. The molecule has 0 aliphatic heterocycles. The van der Waals surface area contributed by atoms with Crippen LogP contribution in [-0.2, 0) is 49.5 Å². The first kappa shape index (κ1) is 47.0. The Balaban J connectivity index is 2.56. The van der Waals surface area contributed by atoms with E-state index in [0.29, 0.717) is 12.1 Å². The Bertz CT molecular complexity index is 2210. The molecule has 0 aliphatic carbocycles. The molecule has 54 heavy (non-hydrogen) atoms. The number of alkyl halides is 16. The second kappa shape index (κ2) is 13.5. The van der Waals surface area contributed by atoms with Gasteiger partial charge in [-0.25, -0.2) is 43.5 Å². The van der Waals surface area contributed by atoms with E-state index in [-0.39, 0.29) is 30.3 Å². The number of sulfonamides is 2. The van der Waals surface area contributed by atoms with Gasteiger partial charge in [-0.15, -0.1) is 0 Å². The van der Waals surface area contributed by atoms with Gasteiger partial charge >= 0.3 is 46.8 Å². The van der Waals surface area contributed by atoms with E-state index in [9.17, 15) is 113 Å². The fourth-order valence-corrected chi connectivity index (χ4v) is 8.60. The van der Waals surface area contributed by atoms with Gasteiger partial charge in [-0.1, -0.05) is 22.3 Å². The summed E-state index contributed by atoms with van der Waals surface area (Å²) < 4.78 is 358. The lowest BCUT2D eigenvalue weighted by atomic mass is 10.1. The molecule has 2 N–H and O–H groups in total. The second-order valence-corrected chi connectivity index (χ2v) is 16.5. The van der Waals surface area contributed by atoms with Crippen LogP contribution in [0, 0.1) is 11.6 Å². The summed E-state index contributed by atoms with van der Waals surface area (Å²) in [5.74, 6) is -23.1. The van der Waals surface area contributed by atoms with E-state index < -0.39 is 117 Å². The Morgan fingerprint density at radius 3 is 1.22 bits per heavy atom. The number of nitrogens with one attached hydrogen (secondary N) is 1. The Hall–Kier alpha value is -3.18. The van der Waals surface area contributed by atoms with Crippen molar-refractivity contribution < 1.29 is 127 Å². The largest absolute Gasteiger partial charge is 0.449 e. The Morgan fingerprint density at radius 2 is 0.852 bits per heavy atom. The third-order valence-electron chi connectivity index (χ3n) is 5.81. The smallest absolute Gasteiger partial charge is 0.282 e. The van der Waals surface area contributed by atoms with E-state index in [1.807, 2.05) is 0 Å². The maximum Gasteiger partial charge on any atom is 0.449 e. The van der Waals surface area contributed by atoms with E-state index in [4.69, 9.17) is 4.55 Å². The summed E-state index contributed by atoms with van der Waals surface area (Å²) in [6, 6.07) is 0.578. The quantitative estimate of drug-likeness (QED) is 0.168. The molecule has 0 unspecified atom stereocenters. The van der Waals surface area contributed by atoms with Gasteiger partial charge in [0.2, 0.25) is 0 Å². The third-order valence-corrected chi connectivity index (χ3v) is 12.3. The molecule has 310 valence electrons. The van der Waals surface area contributed by atoms with Crippen molar-refractivity contribution in [1.82, 2.24) is 4.13 Å². The summed E-state index contributed by atoms with van der Waals surface area (Å²) >= 11 is 0. The minimum absolute atomic E-state index is 0.0696. The van der Waals surface area contributed by atoms with Crippen molar-refractivity contribution in [1.29, 1.82) is 0 Å². The number of benzene rings is 2. The van der Waals surface area contributed by atoms with Crippen LogP contribution >= 0.6 is 0 Å². The molecule has 34 heteroatoms. The molecule has 0 heterocycles. The predicted octanol–water partition coefficient (Wildman–Crippen LogP) is 5.15. The Labute approximate surface area is 286 Å². The van der Waals surface area contributed by atoms with Gasteiger partial charge in [-0.2, -0.15) is 78.7 Å². The highest BCUT2D eigenvalue weighted by Gasteiger charge is 2.87. The first-order chi connectivity index (χ1) is 23.5. The zero-order valence-corrected chi connectivity index (χ0v) is 27.3. The van der Waals surface area contributed by atoms with Gasteiger partial charge in [-0.05, 0) is 24.3 Å². The molecular weight excluding hydrogens is 900 g/mol. The molecule has 0 saturated carbocycles. The minimum Gasteiger partial charge on any atom is -0.282 e. The molecule has 0 spiro atoms. The molecule has 0 radical (unpaired) electrons. The average Bonchev–Trinajstić information content (AvgIpc) is 2.94. The fraction of sp³-hybridized carbons (Fsp3) is 0.400. The average molecular weight is 910 g/mol. The van der Waals surface area contributed by atoms with E-state index in [2.05, 4.69) is 0 Å². The molecule has 2 rings (SSSR count). The molecular formula is C20H9F18NO11S4. The lowest BCUT2D eigenvalue weighted by Gasteiger charge is -2.38. The topological polar surface area (TPSA) is 187 Å².